The number of nitriles is 1. The third kappa shape index (κ3) is 5.55. The Balaban J connectivity index is 1.92. The minimum atomic E-state index is -0.548. The van der Waals surface area contributed by atoms with Crippen molar-refractivity contribution in [1.82, 2.24) is 0 Å². The number of nitrogens with one attached hydrogen (secondary N) is 2. The SMILES string of the molecule is CC(Nc1ccc(OCC(N)=O)cc1)C(=O)Nc1cccc(C#N)c1. The van der Waals surface area contributed by atoms with E-state index in [-0.39, 0.29) is 12.5 Å². The largest absolute Gasteiger partial charge is 0.484 e. The molecular formula is C18H18N4O3. The van der Waals surface area contributed by atoms with Crippen LogP contribution in [-0.2, 0) is 9.59 Å². The second-order valence-electron chi connectivity index (χ2n) is 5.33. The monoisotopic (exact) mass is 338 g/mol. The lowest BCUT2D eigenvalue weighted by molar-refractivity contribution is -0.120. The third-order valence-corrected chi connectivity index (χ3v) is 3.27. The molecule has 1 unspecified atom stereocenters. The number of hydrogen-bond donors (Lipinski definition) is 3. The van der Waals surface area contributed by atoms with Crippen LogP contribution in [0.2, 0.25) is 0 Å². The number of anilines is 2. The van der Waals surface area contributed by atoms with E-state index < -0.39 is 11.9 Å². The van der Waals surface area contributed by atoms with Crippen LogP contribution in [0.3, 0.4) is 0 Å². The molecule has 0 saturated heterocycles. The van der Waals surface area contributed by atoms with Gasteiger partial charge in [0.2, 0.25) is 5.91 Å². The molecule has 0 bridgehead atoms. The van der Waals surface area contributed by atoms with E-state index in [0.29, 0.717) is 17.0 Å². The lowest BCUT2D eigenvalue weighted by atomic mass is 10.2. The summed E-state index contributed by atoms with van der Waals surface area (Å²) in [4.78, 5) is 22.9. The van der Waals surface area contributed by atoms with E-state index in [0.717, 1.165) is 5.69 Å². The molecule has 0 heterocycles. The maximum atomic E-state index is 12.2. The van der Waals surface area contributed by atoms with E-state index in [2.05, 4.69) is 10.6 Å². The summed E-state index contributed by atoms with van der Waals surface area (Å²) in [7, 11) is 0. The zero-order valence-electron chi connectivity index (χ0n) is 13.7. The Kier molecular flexibility index (Phi) is 5.96. The summed E-state index contributed by atoms with van der Waals surface area (Å²) in [5.74, 6) is -0.271. The first kappa shape index (κ1) is 17.8. The summed E-state index contributed by atoms with van der Waals surface area (Å²) in [5.41, 5.74) is 6.77. The van der Waals surface area contributed by atoms with E-state index in [4.69, 9.17) is 15.7 Å². The molecule has 1 atom stereocenters. The van der Waals surface area contributed by atoms with Crippen LogP contribution < -0.4 is 21.1 Å². The van der Waals surface area contributed by atoms with Crippen molar-refractivity contribution < 1.29 is 14.3 Å². The molecule has 0 spiro atoms. The predicted octanol–water partition coefficient (Wildman–Crippen LogP) is 1.86. The van der Waals surface area contributed by atoms with Gasteiger partial charge in [-0.1, -0.05) is 6.07 Å². The molecule has 0 aliphatic heterocycles. The van der Waals surface area contributed by atoms with E-state index in [9.17, 15) is 9.59 Å². The zero-order chi connectivity index (χ0) is 18.2. The van der Waals surface area contributed by atoms with Crippen LogP contribution in [0.15, 0.2) is 48.5 Å². The molecule has 0 radical (unpaired) electrons. The van der Waals surface area contributed by atoms with Gasteiger partial charge in [-0.15, -0.1) is 0 Å². The van der Waals surface area contributed by atoms with Crippen LogP contribution in [0.4, 0.5) is 11.4 Å². The van der Waals surface area contributed by atoms with Gasteiger partial charge in [-0.05, 0) is 49.4 Å². The van der Waals surface area contributed by atoms with E-state index in [1.54, 1.807) is 55.5 Å². The van der Waals surface area contributed by atoms with Crippen molar-refractivity contribution in [3.05, 3.63) is 54.1 Å². The Labute approximate surface area is 145 Å². The molecule has 2 rings (SSSR count). The minimum Gasteiger partial charge on any atom is -0.484 e. The smallest absolute Gasteiger partial charge is 0.255 e. The number of ether oxygens (including phenoxy) is 1. The standard InChI is InChI=1S/C18H18N4O3/c1-12(18(24)22-15-4-2-3-13(9-15)10-19)21-14-5-7-16(8-6-14)25-11-17(20)23/h2-9,12,21H,11H2,1H3,(H2,20,23)(H,22,24). The van der Waals surface area contributed by atoms with Gasteiger partial charge in [-0.25, -0.2) is 0 Å². The first-order chi connectivity index (χ1) is 12.0. The molecule has 2 amide bonds. The van der Waals surface area contributed by atoms with E-state index in [1.807, 2.05) is 6.07 Å². The highest BCUT2D eigenvalue weighted by Crippen LogP contribution is 2.17. The summed E-state index contributed by atoms with van der Waals surface area (Å²) in [6.45, 7) is 1.54. The Hall–Kier alpha value is -3.53. The van der Waals surface area contributed by atoms with Crippen LogP contribution >= 0.6 is 0 Å². The normalized spacial score (nSPS) is 11.0. The summed E-state index contributed by atoms with van der Waals surface area (Å²) in [6, 6.07) is 15.0. The molecule has 2 aromatic carbocycles. The molecule has 0 fully saturated rings. The number of carbonyl (C=O) groups excluding carboxylic acids is 2. The van der Waals surface area contributed by atoms with Gasteiger partial charge in [0.05, 0.1) is 11.6 Å². The first-order valence-electron chi connectivity index (χ1n) is 7.56. The van der Waals surface area contributed by atoms with Gasteiger partial charge >= 0.3 is 0 Å². The molecule has 7 nitrogen and oxygen atoms in total. The highest BCUT2D eigenvalue weighted by atomic mass is 16.5. The van der Waals surface area contributed by atoms with Crippen molar-refractivity contribution in [2.24, 2.45) is 5.73 Å². The fraction of sp³-hybridized carbons (Fsp3) is 0.167. The third-order valence-electron chi connectivity index (χ3n) is 3.27. The summed E-state index contributed by atoms with van der Waals surface area (Å²) < 4.78 is 5.17. The second-order valence-corrected chi connectivity index (χ2v) is 5.33. The molecule has 0 aromatic heterocycles. The number of primary amides is 1. The van der Waals surface area contributed by atoms with Crippen LogP contribution in [0, 0.1) is 11.3 Å². The number of nitrogens with zero attached hydrogens (tertiary/aromatic N) is 1. The predicted molar refractivity (Wildman–Crippen MR) is 94.0 cm³/mol. The highest BCUT2D eigenvalue weighted by Gasteiger charge is 2.13. The van der Waals surface area contributed by atoms with Crippen LogP contribution in [0.5, 0.6) is 5.75 Å². The zero-order valence-corrected chi connectivity index (χ0v) is 13.7. The highest BCUT2D eigenvalue weighted by molar-refractivity contribution is 5.96. The second kappa shape index (κ2) is 8.36. The first-order valence-corrected chi connectivity index (χ1v) is 7.56. The van der Waals surface area contributed by atoms with Crippen molar-refractivity contribution in [1.29, 1.82) is 5.26 Å². The van der Waals surface area contributed by atoms with Crippen LogP contribution in [0.1, 0.15) is 12.5 Å². The van der Waals surface area contributed by atoms with Gasteiger partial charge in [-0.3, -0.25) is 9.59 Å². The van der Waals surface area contributed by atoms with Gasteiger partial charge in [0.15, 0.2) is 6.61 Å². The minimum absolute atomic E-state index is 0.187. The van der Waals surface area contributed by atoms with Crippen molar-refractivity contribution in [3.63, 3.8) is 0 Å². The van der Waals surface area contributed by atoms with Gasteiger partial charge in [-0.2, -0.15) is 5.26 Å². The maximum Gasteiger partial charge on any atom is 0.255 e. The quantitative estimate of drug-likeness (QED) is 0.712. The number of amides is 2. The number of nitrogens with two attached hydrogens (primary N) is 1. The van der Waals surface area contributed by atoms with Gasteiger partial charge in [0.1, 0.15) is 11.8 Å². The average Bonchev–Trinajstić information content (AvgIpc) is 2.61. The maximum absolute atomic E-state index is 12.2. The van der Waals surface area contributed by atoms with E-state index in [1.165, 1.54) is 0 Å². The number of hydrogen-bond acceptors (Lipinski definition) is 5. The fourth-order valence-corrected chi connectivity index (χ4v) is 2.03. The molecular weight excluding hydrogens is 320 g/mol. The topological polar surface area (TPSA) is 117 Å². The van der Waals surface area contributed by atoms with Crippen molar-refractivity contribution in [2.45, 2.75) is 13.0 Å². The average molecular weight is 338 g/mol. The number of carbonyl (C=O) groups is 2. The Bertz CT molecular complexity index is 797. The van der Waals surface area contributed by atoms with Crippen LogP contribution in [-0.4, -0.2) is 24.5 Å². The van der Waals surface area contributed by atoms with Gasteiger partial charge in [0.25, 0.3) is 5.91 Å². The molecule has 25 heavy (non-hydrogen) atoms. The van der Waals surface area contributed by atoms with Crippen LogP contribution in [0.25, 0.3) is 0 Å². The number of benzene rings is 2. The number of rotatable bonds is 7. The summed E-state index contributed by atoms with van der Waals surface area (Å²) in [6.07, 6.45) is 0. The molecule has 0 aliphatic rings. The fourth-order valence-electron chi connectivity index (χ4n) is 2.03. The van der Waals surface area contributed by atoms with Gasteiger partial charge in [0, 0.05) is 11.4 Å². The Morgan fingerprint density at radius 1 is 1.20 bits per heavy atom. The summed E-state index contributed by atoms with van der Waals surface area (Å²) in [5, 5.41) is 14.7. The Morgan fingerprint density at radius 2 is 1.92 bits per heavy atom. The molecule has 4 N–H and O–H groups in total. The van der Waals surface area contributed by atoms with Crippen molar-refractivity contribution in [3.8, 4) is 11.8 Å². The van der Waals surface area contributed by atoms with Crippen molar-refractivity contribution >= 4 is 23.2 Å². The molecule has 128 valence electrons. The van der Waals surface area contributed by atoms with Crippen molar-refractivity contribution in [2.75, 3.05) is 17.2 Å². The lowest BCUT2D eigenvalue weighted by Crippen LogP contribution is -2.31. The summed E-state index contributed by atoms with van der Waals surface area (Å²) >= 11 is 0. The Morgan fingerprint density at radius 3 is 2.56 bits per heavy atom. The molecule has 0 saturated carbocycles. The molecule has 0 aliphatic carbocycles. The molecule has 2 aromatic rings. The molecule has 7 heteroatoms. The lowest BCUT2D eigenvalue weighted by Gasteiger charge is -2.15. The van der Waals surface area contributed by atoms with E-state index >= 15 is 0 Å². The van der Waals surface area contributed by atoms with Gasteiger partial charge < -0.3 is 21.1 Å².